The first-order valence-electron chi connectivity index (χ1n) is 10.1. The number of carbonyl (C=O) groups is 1. The van der Waals surface area contributed by atoms with Gasteiger partial charge in [0.2, 0.25) is 0 Å². The molecule has 1 atom stereocenters. The van der Waals surface area contributed by atoms with Crippen LogP contribution >= 0.6 is 0 Å². The van der Waals surface area contributed by atoms with Crippen molar-refractivity contribution >= 4 is 5.91 Å². The molecule has 0 bridgehead atoms. The Kier molecular flexibility index (Phi) is 6.10. The molecular formula is C21H16F5N7O2. The van der Waals surface area contributed by atoms with E-state index < -0.39 is 35.7 Å². The van der Waals surface area contributed by atoms with E-state index in [-0.39, 0.29) is 28.6 Å². The van der Waals surface area contributed by atoms with Crippen molar-refractivity contribution in [3.8, 4) is 17.8 Å². The molecule has 35 heavy (non-hydrogen) atoms. The van der Waals surface area contributed by atoms with Crippen molar-refractivity contribution in [2.75, 3.05) is 0 Å². The van der Waals surface area contributed by atoms with E-state index in [0.717, 1.165) is 29.5 Å². The maximum Gasteiger partial charge on any atom is 0.416 e. The molecular weight excluding hydrogens is 477 g/mol. The lowest BCUT2D eigenvalue weighted by molar-refractivity contribution is -0.137. The molecule has 182 valence electrons. The minimum absolute atomic E-state index is 0.0636. The Morgan fingerprint density at radius 2 is 1.89 bits per heavy atom. The molecule has 1 amide bonds. The monoisotopic (exact) mass is 493 g/mol. The van der Waals surface area contributed by atoms with E-state index in [2.05, 4.69) is 30.1 Å². The number of nitrogens with one attached hydrogen (secondary N) is 1. The topological polar surface area (TPSA) is 119 Å². The van der Waals surface area contributed by atoms with Crippen molar-refractivity contribution in [2.45, 2.75) is 44.0 Å². The number of rotatable bonds is 7. The molecule has 9 nitrogen and oxygen atoms in total. The fourth-order valence-electron chi connectivity index (χ4n) is 3.42. The highest BCUT2D eigenvalue weighted by Gasteiger charge is 2.46. The van der Waals surface area contributed by atoms with Crippen molar-refractivity contribution in [1.29, 1.82) is 5.26 Å². The van der Waals surface area contributed by atoms with Crippen molar-refractivity contribution < 1.29 is 31.5 Å². The van der Waals surface area contributed by atoms with Crippen LogP contribution in [0.5, 0.6) is 5.75 Å². The van der Waals surface area contributed by atoms with E-state index in [4.69, 9.17) is 0 Å². The minimum Gasteiger partial charge on any atom is -0.432 e. The number of nitriles is 1. The standard InChI is InChI=1S/C21H16F5N7O2/c1-11(16-30-10-31-33(16)19-28-7-15(8-29-19)35-18(22)23)32-17(34)12-4-13(20(9-27)2-3-20)6-14(5-12)21(24,25)26/h4-8,10-11,18H,2-3H2,1H3,(H,32,34). The summed E-state index contributed by atoms with van der Waals surface area (Å²) in [6.45, 7) is -1.54. The van der Waals surface area contributed by atoms with E-state index in [9.17, 15) is 32.0 Å². The second-order valence-corrected chi connectivity index (χ2v) is 7.81. The summed E-state index contributed by atoms with van der Waals surface area (Å²) in [6.07, 6.45) is -0.761. The van der Waals surface area contributed by atoms with E-state index >= 15 is 0 Å². The molecule has 4 rings (SSSR count). The first kappa shape index (κ1) is 24.0. The van der Waals surface area contributed by atoms with Crippen molar-refractivity contribution in [1.82, 2.24) is 30.0 Å². The molecule has 2 heterocycles. The van der Waals surface area contributed by atoms with Crippen LogP contribution in [0.25, 0.3) is 5.95 Å². The summed E-state index contributed by atoms with van der Waals surface area (Å²) in [4.78, 5) is 24.6. The molecule has 1 aliphatic carbocycles. The maximum atomic E-state index is 13.4. The van der Waals surface area contributed by atoms with Gasteiger partial charge >= 0.3 is 12.8 Å². The van der Waals surface area contributed by atoms with Gasteiger partial charge in [-0.3, -0.25) is 4.79 Å². The SMILES string of the molecule is CC(NC(=O)c1cc(C(F)(F)F)cc(C2(C#N)CC2)c1)c1ncnn1-c1ncc(OC(F)F)cn1. The van der Waals surface area contributed by atoms with E-state index in [0.29, 0.717) is 18.9 Å². The van der Waals surface area contributed by atoms with Gasteiger partial charge in [0.25, 0.3) is 11.9 Å². The summed E-state index contributed by atoms with van der Waals surface area (Å²) in [5.41, 5.74) is -2.19. The fraction of sp³-hybridized carbons (Fsp3) is 0.333. The maximum absolute atomic E-state index is 13.4. The molecule has 1 aromatic carbocycles. The Balaban J connectivity index is 1.58. The zero-order valence-electron chi connectivity index (χ0n) is 17.9. The number of amides is 1. The fourth-order valence-corrected chi connectivity index (χ4v) is 3.42. The number of benzene rings is 1. The van der Waals surface area contributed by atoms with E-state index in [1.807, 2.05) is 6.07 Å². The highest BCUT2D eigenvalue weighted by molar-refractivity contribution is 5.95. The molecule has 1 unspecified atom stereocenters. The summed E-state index contributed by atoms with van der Waals surface area (Å²) in [6, 6.07) is 4.06. The number of carbonyl (C=O) groups excluding carboxylic acids is 1. The van der Waals surface area contributed by atoms with Crippen molar-refractivity contribution in [3.63, 3.8) is 0 Å². The van der Waals surface area contributed by atoms with E-state index in [1.165, 1.54) is 13.0 Å². The molecule has 0 spiro atoms. The lowest BCUT2D eigenvalue weighted by Gasteiger charge is -2.17. The smallest absolute Gasteiger partial charge is 0.416 e. The van der Waals surface area contributed by atoms with Gasteiger partial charge in [-0.2, -0.15) is 37.0 Å². The Bertz CT molecular complexity index is 1280. The number of aromatic nitrogens is 5. The third-order valence-corrected chi connectivity index (χ3v) is 5.38. The van der Waals surface area contributed by atoms with E-state index in [1.54, 1.807) is 0 Å². The summed E-state index contributed by atoms with van der Waals surface area (Å²) in [5, 5.41) is 15.9. The van der Waals surface area contributed by atoms with Gasteiger partial charge in [0, 0.05) is 5.56 Å². The van der Waals surface area contributed by atoms with Crippen LogP contribution in [0.1, 0.15) is 53.1 Å². The van der Waals surface area contributed by atoms with Gasteiger partial charge in [-0.05, 0) is 43.5 Å². The molecule has 1 N–H and O–H groups in total. The largest absolute Gasteiger partial charge is 0.432 e. The summed E-state index contributed by atoms with van der Waals surface area (Å²) in [7, 11) is 0. The Labute approximate surface area is 194 Å². The highest BCUT2D eigenvalue weighted by Crippen LogP contribution is 2.48. The molecule has 1 aliphatic rings. The summed E-state index contributed by atoms with van der Waals surface area (Å²) < 4.78 is 70.3. The molecule has 0 saturated heterocycles. The first-order valence-corrected chi connectivity index (χ1v) is 10.1. The van der Waals surface area contributed by atoms with Crippen LogP contribution in [0.2, 0.25) is 0 Å². The average molecular weight is 493 g/mol. The quantitative estimate of drug-likeness (QED) is 0.499. The zero-order chi connectivity index (χ0) is 25.4. The van der Waals surface area contributed by atoms with Gasteiger partial charge in [0.05, 0.1) is 35.5 Å². The molecule has 1 fully saturated rings. The third-order valence-electron chi connectivity index (χ3n) is 5.38. The number of ether oxygens (including phenoxy) is 1. The van der Waals surface area contributed by atoms with Gasteiger partial charge in [0.15, 0.2) is 11.6 Å². The summed E-state index contributed by atoms with van der Waals surface area (Å²) in [5.74, 6) is -1.04. The van der Waals surface area contributed by atoms with Crippen LogP contribution in [0.15, 0.2) is 36.9 Å². The number of hydrogen-bond donors (Lipinski definition) is 1. The van der Waals surface area contributed by atoms with Crippen LogP contribution < -0.4 is 10.1 Å². The predicted molar refractivity (Wildman–Crippen MR) is 107 cm³/mol. The number of halogens is 5. The van der Waals surface area contributed by atoms with Crippen LogP contribution in [-0.4, -0.2) is 37.3 Å². The molecule has 0 aliphatic heterocycles. The van der Waals surface area contributed by atoms with Crippen LogP contribution in [-0.2, 0) is 11.6 Å². The van der Waals surface area contributed by atoms with Crippen LogP contribution in [0, 0.1) is 11.3 Å². The first-order chi connectivity index (χ1) is 16.5. The lowest BCUT2D eigenvalue weighted by atomic mass is 9.93. The predicted octanol–water partition coefficient (Wildman–Crippen LogP) is 3.72. The van der Waals surface area contributed by atoms with Crippen LogP contribution in [0.3, 0.4) is 0 Å². The summed E-state index contributed by atoms with van der Waals surface area (Å²) >= 11 is 0. The molecule has 1 saturated carbocycles. The number of nitrogens with zero attached hydrogens (tertiary/aromatic N) is 6. The highest BCUT2D eigenvalue weighted by atomic mass is 19.4. The van der Waals surface area contributed by atoms with Gasteiger partial charge in [0.1, 0.15) is 6.33 Å². The zero-order valence-corrected chi connectivity index (χ0v) is 17.9. The second kappa shape index (κ2) is 8.90. The Morgan fingerprint density at radius 1 is 1.20 bits per heavy atom. The third kappa shape index (κ3) is 5.03. The normalized spacial score (nSPS) is 15.4. The van der Waals surface area contributed by atoms with Crippen molar-refractivity contribution in [3.05, 3.63) is 59.4 Å². The second-order valence-electron chi connectivity index (χ2n) is 7.81. The Morgan fingerprint density at radius 3 is 2.46 bits per heavy atom. The van der Waals surface area contributed by atoms with Crippen molar-refractivity contribution in [2.24, 2.45) is 0 Å². The van der Waals surface area contributed by atoms with Crippen LogP contribution in [0.4, 0.5) is 22.0 Å². The Hall–Kier alpha value is -4.15. The average Bonchev–Trinajstić information content (AvgIpc) is 3.46. The van der Waals surface area contributed by atoms with Gasteiger partial charge in [-0.25, -0.2) is 15.0 Å². The molecule has 14 heteroatoms. The molecule has 3 aromatic rings. The number of hydrogen-bond acceptors (Lipinski definition) is 7. The number of alkyl halides is 5. The molecule has 2 aromatic heterocycles. The lowest BCUT2D eigenvalue weighted by Crippen LogP contribution is -2.29. The minimum atomic E-state index is -4.71. The van der Waals surface area contributed by atoms with Gasteiger partial charge < -0.3 is 10.1 Å². The molecule has 0 radical (unpaired) electrons. The van der Waals surface area contributed by atoms with Gasteiger partial charge in [-0.1, -0.05) is 0 Å². The van der Waals surface area contributed by atoms with Gasteiger partial charge in [-0.15, -0.1) is 0 Å².